The van der Waals surface area contributed by atoms with E-state index in [0.717, 1.165) is 28.7 Å². The van der Waals surface area contributed by atoms with Gasteiger partial charge in [-0.25, -0.2) is 0 Å². The third kappa shape index (κ3) is 6.22. The van der Waals surface area contributed by atoms with Crippen molar-refractivity contribution in [2.45, 2.75) is 66.1 Å². The van der Waals surface area contributed by atoms with Gasteiger partial charge in [-0.1, -0.05) is 66.6 Å². The maximum Gasteiger partial charge on any atom is 0.242 e. The molecule has 0 aromatic heterocycles. The second-order valence-corrected chi connectivity index (χ2v) is 7.67. The third-order valence-electron chi connectivity index (χ3n) is 5.04. The molecule has 2 aromatic carbocycles. The molecule has 0 saturated heterocycles. The molecule has 0 aliphatic rings. The first kappa shape index (κ1) is 21.7. The lowest BCUT2D eigenvalue weighted by atomic mass is 10.1. The van der Waals surface area contributed by atoms with Gasteiger partial charge in [0.2, 0.25) is 11.8 Å². The molecule has 0 bridgehead atoms. The molecule has 1 N–H and O–H groups in total. The Balaban J connectivity index is 2.23. The molecule has 0 radical (unpaired) electrons. The largest absolute Gasteiger partial charge is 0.352 e. The molecular formula is C24H32N2O2. The number of benzene rings is 2. The van der Waals surface area contributed by atoms with Gasteiger partial charge in [-0.3, -0.25) is 9.59 Å². The number of nitrogens with zero attached hydrogens (tertiary/aromatic N) is 1. The Labute approximate surface area is 169 Å². The smallest absolute Gasteiger partial charge is 0.242 e. The Morgan fingerprint density at radius 1 is 0.964 bits per heavy atom. The number of hydrogen-bond donors (Lipinski definition) is 1. The first-order valence-electron chi connectivity index (χ1n) is 10.0. The molecule has 2 atom stereocenters. The summed E-state index contributed by atoms with van der Waals surface area (Å²) in [6.07, 6.45) is 1.14. The van der Waals surface area contributed by atoms with E-state index in [1.165, 1.54) is 0 Å². The van der Waals surface area contributed by atoms with Crippen molar-refractivity contribution in [1.82, 2.24) is 10.2 Å². The molecule has 0 aliphatic heterocycles. The number of carbonyl (C=O) groups excluding carboxylic acids is 2. The zero-order valence-electron chi connectivity index (χ0n) is 17.7. The summed E-state index contributed by atoms with van der Waals surface area (Å²) in [5.74, 6) is -0.154. The van der Waals surface area contributed by atoms with Crippen molar-refractivity contribution in [3.05, 3.63) is 70.8 Å². The average molecular weight is 381 g/mol. The molecule has 2 amide bonds. The fourth-order valence-electron chi connectivity index (χ4n) is 3.15. The van der Waals surface area contributed by atoms with Gasteiger partial charge in [-0.2, -0.15) is 0 Å². The van der Waals surface area contributed by atoms with Crippen molar-refractivity contribution >= 4 is 11.8 Å². The molecule has 0 aliphatic carbocycles. The van der Waals surface area contributed by atoms with Crippen LogP contribution in [0, 0.1) is 13.8 Å². The standard InChI is InChI=1S/C24H32N2O2/c1-6-19(4)25-24(28)20(5)26(16-22-12-8-10-18(3)14-22)23(27)15-21-11-7-9-17(2)13-21/h7-14,19-20H,6,15-16H2,1-5H3,(H,25,28)/t19-,20-/m1/s1. The van der Waals surface area contributed by atoms with Crippen LogP contribution in [-0.4, -0.2) is 28.8 Å². The SMILES string of the molecule is CC[C@@H](C)NC(=O)[C@@H](C)N(Cc1cccc(C)c1)C(=O)Cc1cccc(C)c1. The van der Waals surface area contributed by atoms with E-state index in [9.17, 15) is 9.59 Å². The summed E-state index contributed by atoms with van der Waals surface area (Å²) in [5, 5.41) is 3.00. The Hall–Kier alpha value is -2.62. The normalized spacial score (nSPS) is 12.9. The monoisotopic (exact) mass is 380 g/mol. The number of rotatable bonds is 8. The van der Waals surface area contributed by atoms with E-state index in [1.54, 1.807) is 4.90 Å². The van der Waals surface area contributed by atoms with Crippen molar-refractivity contribution in [2.24, 2.45) is 0 Å². The first-order valence-corrected chi connectivity index (χ1v) is 10.0. The van der Waals surface area contributed by atoms with Crippen LogP contribution < -0.4 is 5.32 Å². The summed E-state index contributed by atoms with van der Waals surface area (Å²) in [7, 11) is 0. The van der Waals surface area contributed by atoms with Crippen LogP contribution in [0.1, 0.15) is 49.4 Å². The van der Waals surface area contributed by atoms with E-state index in [2.05, 4.69) is 11.4 Å². The van der Waals surface area contributed by atoms with Crippen molar-refractivity contribution in [2.75, 3.05) is 0 Å². The molecule has 2 rings (SSSR count). The summed E-state index contributed by atoms with van der Waals surface area (Å²) < 4.78 is 0. The molecule has 2 aromatic rings. The highest BCUT2D eigenvalue weighted by atomic mass is 16.2. The van der Waals surface area contributed by atoms with Crippen LogP contribution in [0.3, 0.4) is 0 Å². The fraction of sp³-hybridized carbons (Fsp3) is 0.417. The summed E-state index contributed by atoms with van der Waals surface area (Å²) in [4.78, 5) is 27.6. The highest BCUT2D eigenvalue weighted by Crippen LogP contribution is 2.14. The van der Waals surface area contributed by atoms with Gasteiger partial charge < -0.3 is 10.2 Å². The van der Waals surface area contributed by atoms with E-state index in [-0.39, 0.29) is 24.3 Å². The van der Waals surface area contributed by atoms with Crippen molar-refractivity contribution in [3.8, 4) is 0 Å². The number of hydrogen-bond acceptors (Lipinski definition) is 2. The predicted octanol–water partition coefficient (Wildman–Crippen LogP) is 4.18. The number of aryl methyl sites for hydroxylation is 2. The third-order valence-corrected chi connectivity index (χ3v) is 5.04. The highest BCUT2D eigenvalue weighted by molar-refractivity contribution is 5.88. The van der Waals surface area contributed by atoms with Crippen molar-refractivity contribution in [3.63, 3.8) is 0 Å². The zero-order chi connectivity index (χ0) is 20.7. The molecule has 0 heterocycles. The first-order chi connectivity index (χ1) is 13.3. The van der Waals surface area contributed by atoms with E-state index >= 15 is 0 Å². The van der Waals surface area contributed by atoms with E-state index in [4.69, 9.17) is 0 Å². The van der Waals surface area contributed by atoms with Gasteiger partial charge in [-0.05, 0) is 45.2 Å². The Morgan fingerprint density at radius 3 is 2.11 bits per heavy atom. The Kier molecular flexibility index (Phi) is 7.80. The second kappa shape index (κ2) is 10.1. The van der Waals surface area contributed by atoms with Gasteiger partial charge in [0, 0.05) is 12.6 Å². The Morgan fingerprint density at radius 2 is 1.54 bits per heavy atom. The van der Waals surface area contributed by atoms with Gasteiger partial charge in [0.25, 0.3) is 0 Å². The minimum atomic E-state index is -0.535. The minimum Gasteiger partial charge on any atom is -0.352 e. The van der Waals surface area contributed by atoms with Crippen molar-refractivity contribution in [1.29, 1.82) is 0 Å². The van der Waals surface area contributed by atoms with Crippen molar-refractivity contribution < 1.29 is 9.59 Å². The van der Waals surface area contributed by atoms with E-state index in [0.29, 0.717) is 6.54 Å². The summed E-state index contributed by atoms with van der Waals surface area (Å²) in [5.41, 5.74) is 4.26. The van der Waals surface area contributed by atoms with Crippen LogP contribution in [0.15, 0.2) is 48.5 Å². The van der Waals surface area contributed by atoms with Gasteiger partial charge >= 0.3 is 0 Å². The maximum atomic E-state index is 13.2. The quantitative estimate of drug-likeness (QED) is 0.747. The topological polar surface area (TPSA) is 49.4 Å². The molecule has 28 heavy (non-hydrogen) atoms. The van der Waals surface area contributed by atoms with Crippen LogP contribution in [0.5, 0.6) is 0 Å². The summed E-state index contributed by atoms with van der Waals surface area (Å²) >= 11 is 0. The Bertz CT molecular complexity index is 816. The summed E-state index contributed by atoms with van der Waals surface area (Å²) in [6, 6.07) is 15.6. The van der Waals surface area contributed by atoms with E-state index in [1.807, 2.05) is 77.1 Å². The molecule has 150 valence electrons. The van der Waals surface area contributed by atoms with Gasteiger partial charge in [-0.15, -0.1) is 0 Å². The van der Waals surface area contributed by atoms with E-state index < -0.39 is 6.04 Å². The number of amides is 2. The van der Waals surface area contributed by atoms with Crippen LogP contribution in [-0.2, 0) is 22.6 Å². The molecule has 0 unspecified atom stereocenters. The van der Waals surface area contributed by atoms with Crippen LogP contribution in [0.25, 0.3) is 0 Å². The highest BCUT2D eigenvalue weighted by Gasteiger charge is 2.26. The lowest BCUT2D eigenvalue weighted by molar-refractivity contribution is -0.140. The predicted molar refractivity (Wildman–Crippen MR) is 114 cm³/mol. The fourth-order valence-corrected chi connectivity index (χ4v) is 3.15. The van der Waals surface area contributed by atoms with Crippen LogP contribution in [0.2, 0.25) is 0 Å². The van der Waals surface area contributed by atoms with Gasteiger partial charge in [0.15, 0.2) is 0 Å². The van der Waals surface area contributed by atoms with Crippen LogP contribution in [0.4, 0.5) is 0 Å². The molecule has 0 fully saturated rings. The van der Waals surface area contributed by atoms with Gasteiger partial charge in [0.05, 0.1) is 6.42 Å². The lowest BCUT2D eigenvalue weighted by Crippen LogP contribution is -2.49. The molecule has 0 saturated carbocycles. The molecule has 4 heteroatoms. The average Bonchev–Trinajstić information content (AvgIpc) is 2.65. The van der Waals surface area contributed by atoms with Gasteiger partial charge in [0.1, 0.15) is 6.04 Å². The molecule has 0 spiro atoms. The number of nitrogens with one attached hydrogen (secondary N) is 1. The van der Waals surface area contributed by atoms with Crippen LogP contribution >= 0.6 is 0 Å². The zero-order valence-corrected chi connectivity index (χ0v) is 17.7. The minimum absolute atomic E-state index is 0.0427. The number of carbonyl (C=O) groups is 2. The second-order valence-electron chi connectivity index (χ2n) is 7.67. The maximum absolute atomic E-state index is 13.2. The lowest BCUT2D eigenvalue weighted by Gasteiger charge is -2.30. The summed E-state index contributed by atoms with van der Waals surface area (Å²) in [6.45, 7) is 10.3. The molecular weight excluding hydrogens is 348 g/mol. The molecule has 4 nitrogen and oxygen atoms in total.